The van der Waals surface area contributed by atoms with E-state index in [0.717, 1.165) is 19.4 Å². The molecule has 0 radical (unpaired) electrons. The van der Waals surface area contributed by atoms with Crippen LogP contribution in [0, 0.1) is 11.8 Å². The van der Waals surface area contributed by atoms with Crippen molar-refractivity contribution in [1.29, 1.82) is 0 Å². The highest BCUT2D eigenvalue weighted by atomic mass is 16.5. The van der Waals surface area contributed by atoms with Gasteiger partial charge in [0.1, 0.15) is 0 Å². The minimum atomic E-state index is 0.282. The molecule has 100 valence electrons. The van der Waals surface area contributed by atoms with Gasteiger partial charge in [0.15, 0.2) is 0 Å². The first-order chi connectivity index (χ1) is 8.15. The fourth-order valence-corrected chi connectivity index (χ4v) is 2.32. The monoisotopic (exact) mass is 242 g/mol. The molecule has 0 aliphatic carbocycles. The van der Waals surface area contributed by atoms with Gasteiger partial charge in [-0.25, -0.2) is 0 Å². The van der Waals surface area contributed by atoms with Crippen LogP contribution in [0.15, 0.2) is 0 Å². The number of nitrogens with two attached hydrogens (primary N) is 1. The highest BCUT2D eigenvalue weighted by Gasteiger charge is 2.23. The molecule has 4 heteroatoms. The largest absolute Gasteiger partial charge is 0.378 e. The Balaban J connectivity index is 2.32. The second-order valence-electron chi connectivity index (χ2n) is 5.11. The smallest absolute Gasteiger partial charge is 0.222 e. The summed E-state index contributed by atoms with van der Waals surface area (Å²) in [4.78, 5) is 13.8. The minimum Gasteiger partial charge on any atom is -0.378 e. The molecule has 4 nitrogen and oxygen atoms in total. The first-order valence-corrected chi connectivity index (χ1v) is 6.70. The average Bonchev–Trinajstić information content (AvgIpc) is 2.48. The Kier molecular flexibility index (Phi) is 6.52. The maximum atomic E-state index is 11.9. The summed E-state index contributed by atoms with van der Waals surface area (Å²) in [6.45, 7) is 7.82. The predicted molar refractivity (Wildman–Crippen MR) is 68.6 cm³/mol. The zero-order chi connectivity index (χ0) is 12.7. The molecule has 1 aliphatic rings. The van der Waals surface area contributed by atoms with E-state index in [1.807, 2.05) is 4.90 Å². The van der Waals surface area contributed by atoms with Gasteiger partial charge in [-0.1, -0.05) is 13.8 Å². The third kappa shape index (κ3) is 5.04. The fourth-order valence-electron chi connectivity index (χ4n) is 2.32. The summed E-state index contributed by atoms with van der Waals surface area (Å²) < 4.78 is 5.33. The van der Waals surface area contributed by atoms with Crippen LogP contribution in [0.2, 0.25) is 0 Å². The molecule has 1 unspecified atom stereocenters. The summed E-state index contributed by atoms with van der Waals surface area (Å²) in [6.07, 6.45) is 2.86. The Morgan fingerprint density at radius 2 is 2.18 bits per heavy atom. The highest BCUT2D eigenvalue weighted by Crippen LogP contribution is 2.24. The third-order valence-corrected chi connectivity index (χ3v) is 3.56. The molecular formula is C13H26N2O2. The standard InChI is InChI=1S/C13H26N2O2/c1-11(2)12-3-4-13(16)15(7-5-12)8-10-17-9-6-14/h11-12H,3-10,14H2,1-2H3. The van der Waals surface area contributed by atoms with Gasteiger partial charge in [0.05, 0.1) is 13.2 Å². The number of amides is 1. The molecule has 1 saturated heterocycles. The summed E-state index contributed by atoms with van der Waals surface area (Å²) in [5.41, 5.74) is 5.35. The van der Waals surface area contributed by atoms with Gasteiger partial charge < -0.3 is 15.4 Å². The molecule has 0 saturated carbocycles. The van der Waals surface area contributed by atoms with Crippen LogP contribution in [0.1, 0.15) is 33.1 Å². The van der Waals surface area contributed by atoms with E-state index in [1.165, 1.54) is 0 Å². The number of carbonyl (C=O) groups excluding carboxylic acids is 1. The quantitative estimate of drug-likeness (QED) is 0.713. The summed E-state index contributed by atoms with van der Waals surface area (Å²) >= 11 is 0. The Morgan fingerprint density at radius 1 is 1.41 bits per heavy atom. The van der Waals surface area contributed by atoms with E-state index < -0.39 is 0 Å². The first kappa shape index (κ1) is 14.5. The zero-order valence-corrected chi connectivity index (χ0v) is 11.2. The van der Waals surface area contributed by atoms with E-state index >= 15 is 0 Å². The lowest BCUT2D eigenvalue weighted by atomic mass is 9.89. The van der Waals surface area contributed by atoms with E-state index in [1.54, 1.807) is 0 Å². The van der Waals surface area contributed by atoms with Crippen LogP contribution in [0.3, 0.4) is 0 Å². The highest BCUT2D eigenvalue weighted by molar-refractivity contribution is 5.76. The normalized spacial score (nSPS) is 22.0. The van der Waals surface area contributed by atoms with E-state index in [-0.39, 0.29) is 5.91 Å². The number of likely N-dealkylation sites (tertiary alicyclic amines) is 1. The summed E-state index contributed by atoms with van der Waals surface area (Å²) in [6, 6.07) is 0. The number of hydrogen-bond acceptors (Lipinski definition) is 3. The summed E-state index contributed by atoms with van der Waals surface area (Å²) in [5, 5.41) is 0. The van der Waals surface area contributed by atoms with Crippen molar-refractivity contribution in [2.24, 2.45) is 17.6 Å². The SMILES string of the molecule is CC(C)C1CCC(=O)N(CCOCCN)CC1. The van der Waals surface area contributed by atoms with Gasteiger partial charge in [0.2, 0.25) is 5.91 Å². The second kappa shape index (κ2) is 7.67. The number of nitrogens with zero attached hydrogens (tertiary/aromatic N) is 1. The lowest BCUT2D eigenvalue weighted by Crippen LogP contribution is -2.33. The fraction of sp³-hybridized carbons (Fsp3) is 0.923. The minimum absolute atomic E-state index is 0.282. The van der Waals surface area contributed by atoms with Crippen LogP contribution >= 0.6 is 0 Å². The van der Waals surface area contributed by atoms with Crippen LogP contribution in [0.5, 0.6) is 0 Å². The molecule has 0 aromatic carbocycles. The molecule has 0 aromatic heterocycles. The van der Waals surface area contributed by atoms with Gasteiger partial charge in [0.25, 0.3) is 0 Å². The van der Waals surface area contributed by atoms with Crippen LogP contribution < -0.4 is 5.73 Å². The first-order valence-electron chi connectivity index (χ1n) is 6.70. The lowest BCUT2D eigenvalue weighted by molar-refractivity contribution is -0.131. The third-order valence-electron chi connectivity index (χ3n) is 3.56. The van der Waals surface area contributed by atoms with E-state index in [0.29, 0.717) is 44.6 Å². The van der Waals surface area contributed by atoms with Crippen molar-refractivity contribution in [2.45, 2.75) is 33.1 Å². The molecule has 1 amide bonds. The predicted octanol–water partition coefficient (Wildman–Crippen LogP) is 1.25. The van der Waals surface area contributed by atoms with Gasteiger partial charge in [-0.15, -0.1) is 0 Å². The summed E-state index contributed by atoms with van der Waals surface area (Å²) in [7, 11) is 0. The topological polar surface area (TPSA) is 55.6 Å². The van der Waals surface area contributed by atoms with Crippen LogP contribution in [-0.4, -0.2) is 43.7 Å². The van der Waals surface area contributed by atoms with E-state index in [2.05, 4.69) is 13.8 Å². The Morgan fingerprint density at radius 3 is 2.82 bits per heavy atom. The van der Waals surface area contributed by atoms with Crippen molar-refractivity contribution in [1.82, 2.24) is 4.90 Å². The van der Waals surface area contributed by atoms with Gasteiger partial charge in [-0.2, -0.15) is 0 Å². The molecule has 0 bridgehead atoms. The second-order valence-corrected chi connectivity index (χ2v) is 5.11. The van der Waals surface area contributed by atoms with Crippen molar-refractivity contribution < 1.29 is 9.53 Å². The van der Waals surface area contributed by atoms with Crippen molar-refractivity contribution >= 4 is 5.91 Å². The molecule has 1 rings (SSSR count). The molecule has 0 aromatic rings. The molecule has 1 heterocycles. The number of rotatable bonds is 6. The Labute approximate surface area is 104 Å². The Hall–Kier alpha value is -0.610. The maximum Gasteiger partial charge on any atom is 0.222 e. The van der Waals surface area contributed by atoms with E-state index in [9.17, 15) is 4.79 Å². The molecule has 2 N–H and O–H groups in total. The van der Waals surface area contributed by atoms with Crippen molar-refractivity contribution in [2.75, 3.05) is 32.8 Å². The van der Waals surface area contributed by atoms with E-state index in [4.69, 9.17) is 10.5 Å². The van der Waals surface area contributed by atoms with Crippen LogP contribution in [0.4, 0.5) is 0 Å². The number of carbonyl (C=O) groups is 1. The van der Waals surface area contributed by atoms with Gasteiger partial charge in [-0.05, 0) is 24.7 Å². The van der Waals surface area contributed by atoms with Crippen molar-refractivity contribution in [3.8, 4) is 0 Å². The molecule has 1 atom stereocenters. The molecule has 1 aliphatic heterocycles. The van der Waals surface area contributed by atoms with Crippen LogP contribution in [-0.2, 0) is 9.53 Å². The van der Waals surface area contributed by atoms with Crippen LogP contribution in [0.25, 0.3) is 0 Å². The molecule has 0 spiro atoms. The number of ether oxygens (including phenoxy) is 1. The van der Waals surface area contributed by atoms with Crippen molar-refractivity contribution in [3.63, 3.8) is 0 Å². The molecule has 17 heavy (non-hydrogen) atoms. The number of hydrogen-bond donors (Lipinski definition) is 1. The molecular weight excluding hydrogens is 216 g/mol. The molecule has 1 fully saturated rings. The lowest BCUT2D eigenvalue weighted by Gasteiger charge is -2.21. The van der Waals surface area contributed by atoms with Gasteiger partial charge >= 0.3 is 0 Å². The van der Waals surface area contributed by atoms with Crippen molar-refractivity contribution in [3.05, 3.63) is 0 Å². The summed E-state index contributed by atoms with van der Waals surface area (Å²) in [5.74, 6) is 1.65. The maximum absolute atomic E-state index is 11.9. The zero-order valence-electron chi connectivity index (χ0n) is 11.2. The average molecular weight is 242 g/mol. The van der Waals surface area contributed by atoms with Gasteiger partial charge in [-0.3, -0.25) is 4.79 Å². The Bertz CT molecular complexity index is 231. The van der Waals surface area contributed by atoms with Gasteiger partial charge in [0, 0.05) is 26.1 Å².